The number of nitrogens with zero attached hydrogens (tertiary/aromatic N) is 1. The van der Waals surface area contributed by atoms with Gasteiger partial charge in [0.25, 0.3) is 0 Å². The molecule has 1 amide bonds. The van der Waals surface area contributed by atoms with Crippen molar-refractivity contribution in [2.24, 2.45) is 0 Å². The molecular formula is C15H24N2O2. The summed E-state index contributed by atoms with van der Waals surface area (Å²) in [5.74, 6) is 0.0695. The minimum absolute atomic E-state index is 0.0695. The standard InChI is InChI=1S/C15H24N2O2/c1-2-14(18)12-8-9-17(10-12)11-15(19)16-13-6-4-3-5-7-13/h8-10,13-14,18H,2-7,11H2,1H3,(H,16,19). The topological polar surface area (TPSA) is 54.3 Å². The zero-order chi connectivity index (χ0) is 13.7. The molecule has 19 heavy (non-hydrogen) atoms. The second-order valence-corrected chi connectivity index (χ2v) is 5.44. The van der Waals surface area contributed by atoms with Crippen molar-refractivity contribution in [2.75, 3.05) is 0 Å². The van der Waals surface area contributed by atoms with Gasteiger partial charge in [0.1, 0.15) is 6.54 Å². The first-order valence-corrected chi connectivity index (χ1v) is 7.32. The Labute approximate surface area is 114 Å². The van der Waals surface area contributed by atoms with Gasteiger partial charge in [0.05, 0.1) is 6.10 Å². The van der Waals surface area contributed by atoms with E-state index < -0.39 is 6.10 Å². The largest absolute Gasteiger partial charge is 0.388 e. The van der Waals surface area contributed by atoms with Crippen LogP contribution in [0.5, 0.6) is 0 Å². The lowest BCUT2D eigenvalue weighted by atomic mass is 9.95. The van der Waals surface area contributed by atoms with Crippen molar-refractivity contribution in [1.82, 2.24) is 9.88 Å². The molecule has 2 N–H and O–H groups in total. The van der Waals surface area contributed by atoms with Crippen LogP contribution in [0.25, 0.3) is 0 Å². The summed E-state index contributed by atoms with van der Waals surface area (Å²) in [5, 5.41) is 12.8. The molecule has 0 radical (unpaired) electrons. The zero-order valence-corrected chi connectivity index (χ0v) is 11.6. The fourth-order valence-corrected chi connectivity index (χ4v) is 2.68. The molecule has 1 aliphatic carbocycles. The van der Waals surface area contributed by atoms with Gasteiger partial charge in [-0.25, -0.2) is 0 Å². The summed E-state index contributed by atoms with van der Waals surface area (Å²) < 4.78 is 1.84. The van der Waals surface area contributed by atoms with Gasteiger partial charge in [0, 0.05) is 18.4 Å². The molecule has 0 aliphatic heterocycles. The number of rotatable bonds is 5. The first kappa shape index (κ1) is 14.1. The van der Waals surface area contributed by atoms with E-state index >= 15 is 0 Å². The number of carbonyl (C=O) groups is 1. The van der Waals surface area contributed by atoms with Gasteiger partial charge in [-0.3, -0.25) is 4.79 Å². The second-order valence-electron chi connectivity index (χ2n) is 5.44. The van der Waals surface area contributed by atoms with Crippen LogP contribution in [0.4, 0.5) is 0 Å². The van der Waals surface area contributed by atoms with E-state index in [0.717, 1.165) is 18.4 Å². The number of aliphatic hydroxyl groups excluding tert-OH is 1. The Bertz CT molecular complexity index is 408. The Hall–Kier alpha value is -1.29. The number of aromatic nitrogens is 1. The molecule has 1 fully saturated rings. The summed E-state index contributed by atoms with van der Waals surface area (Å²) in [4.78, 5) is 11.9. The van der Waals surface area contributed by atoms with Crippen molar-refractivity contribution >= 4 is 5.91 Å². The van der Waals surface area contributed by atoms with Crippen LogP contribution in [0.1, 0.15) is 57.1 Å². The Morgan fingerprint density at radius 1 is 1.47 bits per heavy atom. The number of aliphatic hydroxyl groups is 1. The van der Waals surface area contributed by atoms with Gasteiger partial charge in [0.15, 0.2) is 0 Å². The molecule has 4 nitrogen and oxygen atoms in total. The van der Waals surface area contributed by atoms with Crippen molar-refractivity contribution in [3.63, 3.8) is 0 Å². The first-order valence-electron chi connectivity index (χ1n) is 7.32. The SMILES string of the molecule is CCC(O)c1ccn(CC(=O)NC2CCCCC2)c1. The molecule has 2 rings (SSSR count). The lowest BCUT2D eigenvalue weighted by molar-refractivity contribution is -0.122. The fraction of sp³-hybridized carbons (Fsp3) is 0.667. The quantitative estimate of drug-likeness (QED) is 0.858. The third-order valence-electron chi connectivity index (χ3n) is 3.84. The van der Waals surface area contributed by atoms with Crippen molar-refractivity contribution in [1.29, 1.82) is 0 Å². The van der Waals surface area contributed by atoms with E-state index in [0.29, 0.717) is 19.0 Å². The fourth-order valence-electron chi connectivity index (χ4n) is 2.68. The van der Waals surface area contributed by atoms with Crippen LogP contribution in [0.2, 0.25) is 0 Å². The van der Waals surface area contributed by atoms with Crippen LogP contribution >= 0.6 is 0 Å². The van der Waals surface area contributed by atoms with Crippen LogP contribution in [-0.2, 0) is 11.3 Å². The maximum absolute atomic E-state index is 11.9. The average Bonchev–Trinajstić information content (AvgIpc) is 2.87. The van der Waals surface area contributed by atoms with Crippen molar-refractivity contribution in [2.45, 2.75) is 64.1 Å². The highest BCUT2D eigenvalue weighted by Gasteiger charge is 2.16. The third kappa shape index (κ3) is 4.10. The third-order valence-corrected chi connectivity index (χ3v) is 3.84. The van der Waals surface area contributed by atoms with Gasteiger partial charge in [-0.2, -0.15) is 0 Å². The maximum atomic E-state index is 11.9. The first-order chi connectivity index (χ1) is 9.19. The van der Waals surface area contributed by atoms with Crippen molar-refractivity contribution in [3.05, 3.63) is 24.0 Å². The maximum Gasteiger partial charge on any atom is 0.240 e. The molecule has 1 unspecified atom stereocenters. The van der Waals surface area contributed by atoms with E-state index in [2.05, 4.69) is 5.32 Å². The van der Waals surface area contributed by atoms with E-state index in [1.165, 1.54) is 19.3 Å². The highest BCUT2D eigenvalue weighted by molar-refractivity contribution is 5.76. The minimum atomic E-state index is -0.428. The lowest BCUT2D eigenvalue weighted by Gasteiger charge is -2.22. The number of carbonyl (C=O) groups excluding carboxylic acids is 1. The lowest BCUT2D eigenvalue weighted by Crippen LogP contribution is -2.38. The smallest absolute Gasteiger partial charge is 0.240 e. The van der Waals surface area contributed by atoms with E-state index in [9.17, 15) is 9.90 Å². The van der Waals surface area contributed by atoms with Crippen LogP contribution in [-0.4, -0.2) is 21.6 Å². The molecule has 0 aromatic carbocycles. The molecule has 0 saturated heterocycles. The Balaban J connectivity index is 1.82. The number of amides is 1. The van der Waals surface area contributed by atoms with E-state index in [4.69, 9.17) is 0 Å². The molecule has 1 aliphatic rings. The zero-order valence-electron chi connectivity index (χ0n) is 11.6. The summed E-state index contributed by atoms with van der Waals surface area (Å²) in [5.41, 5.74) is 0.882. The summed E-state index contributed by atoms with van der Waals surface area (Å²) in [6.45, 7) is 2.28. The van der Waals surface area contributed by atoms with E-state index in [1.807, 2.05) is 30.0 Å². The molecule has 1 saturated carbocycles. The normalized spacial score (nSPS) is 18.2. The van der Waals surface area contributed by atoms with E-state index in [1.54, 1.807) is 0 Å². The van der Waals surface area contributed by atoms with Crippen LogP contribution in [0, 0.1) is 0 Å². The Morgan fingerprint density at radius 2 is 2.21 bits per heavy atom. The van der Waals surface area contributed by atoms with Gasteiger partial charge in [0.2, 0.25) is 5.91 Å². The predicted molar refractivity (Wildman–Crippen MR) is 74.7 cm³/mol. The molecule has 1 atom stereocenters. The summed E-state index contributed by atoms with van der Waals surface area (Å²) in [6, 6.07) is 2.24. The summed E-state index contributed by atoms with van der Waals surface area (Å²) >= 11 is 0. The van der Waals surface area contributed by atoms with Crippen LogP contribution in [0.15, 0.2) is 18.5 Å². The number of hydrogen-bond donors (Lipinski definition) is 2. The van der Waals surface area contributed by atoms with Crippen molar-refractivity contribution in [3.8, 4) is 0 Å². The molecular weight excluding hydrogens is 240 g/mol. The van der Waals surface area contributed by atoms with Crippen molar-refractivity contribution < 1.29 is 9.90 Å². The predicted octanol–water partition coefficient (Wildman–Crippen LogP) is 2.38. The second kappa shape index (κ2) is 6.75. The van der Waals surface area contributed by atoms with Gasteiger partial charge in [-0.1, -0.05) is 26.2 Å². The highest BCUT2D eigenvalue weighted by atomic mass is 16.3. The van der Waals surface area contributed by atoms with Gasteiger partial charge in [-0.05, 0) is 30.9 Å². The molecule has 4 heteroatoms. The van der Waals surface area contributed by atoms with Gasteiger partial charge in [-0.15, -0.1) is 0 Å². The number of nitrogens with one attached hydrogen (secondary N) is 1. The summed E-state index contributed by atoms with van der Waals surface area (Å²) in [6.07, 6.45) is 9.93. The summed E-state index contributed by atoms with van der Waals surface area (Å²) in [7, 11) is 0. The van der Waals surface area contributed by atoms with Gasteiger partial charge < -0.3 is 15.0 Å². The molecule has 1 heterocycles. The van der Waals surface area contributed by atoms with Gasteiger partial charge >= 0.3 is 0 Å². The molecule has 106 valence electrons. The van der Waals surface area contributed by atoms with Crippen LogP contribution in [0.3, 0.4) is 0 Å². The molecule has 1 aromatic rings. The van der Waals surface area contributed by atoms with E-state index in [-0.39, 0.29) is 5.91 Å². The Morgan fingerprint density at radius 3 is 2.89 bits per heavy atom. The molecule has 0 bridgehead atoms. The molecule has 1 aromatic heterocycles. The average molecular weight is 264 g/mol. The van der Waals surface area contributed by atoms with Crippen LogP contribution < -0.4 is 5.32 Å². The Kier molecular flexibility index (Phi) is 5.02. The monoisotopic (exact) mass is 264 g/mol. The number of hydrogen-bond acceptors (Lipinski definition) is 2. The minimum Gasteiger partial charge on any atom is -0.388 e. The highest BCUT2D eigenvalue weighted by Crippen LogP contribution is 2.18. The molecule has 0 spiro atoms.